The average molecular weight is 423 g/mol. The summed E-state index contributed by atoms with van der Waals surface area (Å²) in [6, 6.07) is 17.4. The number of benzene rings is 2. The van der Waals surface area contributed by atoms with E-state index in [1.807, 2.05) is 42.5 Å². The molecule has 31 heavy (non-hydrogen) atoms. The Labute approximate surface area is 183 Å². The van der Waals surface area contributed by atoms with Crippen LogP contribution in [0.1, 0.15) is 18.4 Å². The van der Waals surface area contributed by atoms with Gasteiger partial charge in [0.05, 0.1) is 13.2 Å². The predicted octanol–water partition coefficient (Wildman–Crippen LogP) is 3.08. The van der Waals surface area contributed by atoms with Crippen LogP contribution in [-0.2, 0) is 16.1 Å². The molecule has 0 atom stereocenters. The molecule has 1 saturated heterocycles. The van der Waals surface area contributed by atoms with E-state index in [-0.39, 0.29) is 18.5 Å². The minimum absolute atomic E-state index is 0.0125. The fourth-order valence-corrected chi connectivity index (χ4v) is 3.66. The first-order valence-electron chi connectivity index (χ1n) is 11.0. The lowest BCUT2D eigenvalue weighted by atomic mass is 10.2. The number of hydrogen-bond acceptors (Lipinski definition) is 4. The Balaban J connectivity index is 1.17. The van der Waals surface area contributed by atoms with E-state index in [9.17, 15) is 9.59 Å². The van der Waals surface area contributed by atoms with E-state index in [0.29, 0.717) is 25.4 Å². The summed E-state index contributed by atoms with van der Waals surface area (Å²) in [5.41, 5.74) is 2.88. The number of carbonyl (C=O) groups excluding carboxylic acids is 2. The first kappa shape index (κ1) is 21.2. The molecule has 2 fully saturated rings. The predicted molar refractivity (Wildman–Crippen MR) is 121 cm³/mol. The quantitative estimate of drug-likeness (QED) is 0.686. The molecule has 0 radical (unpaired) electrons. The van der Waals surface area contributed by atoms with Crippen molar-refractivity contribution in [3.63, 3.8) is 0 Å². The number of amides is 3. The highest BCUT2D eigenvalue weighted by atomic mass is 16.5. The third-order valence-electron chi connectivity index (χ3n) is 5.66. The number of urea groups is 1. The second-order valence-electron chi connectivity index (χ2n) is 8.17. The number of rotatable bonds is 8. The third kappa shape index (κ3) is 6.46. The minimum atomic E-state index is -0.382. The Morgan fingerprint density at radius 1 is 0.968 bits per heavy atom. The van der Waals surface area contributed by atoms with Crippen molar-refractivity contribution in [1.29, 1.82) is 0 Å². The van der Waals surface area contributed by atoms with E-state index < -0.39 is 0 Å². The molecule has 2 aliphatic rings. The van der Waals surface area contributed by atoms with Crippen molar-refractivity contribution in [2.24, 2.45) is 5.92 Å². The van der Waals surface area contributed by atoms with Gasteiger partial charge >= 0.3 is 6.03 Å². The first-order chi connectivity index (χ1) is 15.2. The van der Waals surface area contributed by atoms with Crippen LogP contribution in [0.5, 0.6) is 0 Å². The fourth-order valence-electron chi connectivity index (χ4n) is 3.66. The van der Waals surface area contributed by atoms with E-state index >= 15 is 0 Å². The van der Waals surface area contributed by atoms with Crippen molar-refractivity contribution >= 4 is 23.3 Å². The van der Waals surface area contributed by atoms with Crippen molar-refractivity contribution in [2.45, 2.75) is 19.4 Å². The Morgan fingerprint density at radius 2 is 1.74 bits per heavy atom. The number of piperazine rings is 1. The number of carbonyl (C=O) groups is 2. The molecule has 0 unspecified atom stereocenters. The van der Waals surface area contributed by atoms with E-state index in [4.69, 9.17) is 4.74 Å². The molecule has 2 aromatic carbocycles. The van der Waals surface area contributed by atoms with Crippen LogP contribution < -0.4 is 15.5 Å². The van der Waals surface area contributed by atoms with Gasteiger partial charge in [0, 0.05) is 44.2 Å². The van der Waals surface area contributed by atoms with Crippen LogP contribution in [0.15, 0.2) is 54.6 Å². The maximum absolute atomic E-state index is 12.5. The molecule has 4 rings (SSSR count). The molecular formula is C24H30N4O3. The third-order valence-corrected chi connectivity index (χ3v) is 5.66. The summed E-state index contributed by atoms with van der Waals surface area (Å²) >= 11 is 0. The lowest BCUT2D eigenvalue weighted by molar-refractivity contribution is -0.130. The van der Waals surface area contributed by atoms with Crippen molar-refractivity contribution in [2.75, 3.05) is 49.5 Å². The van der Waals surface area contributed by atoms with E-state index in [1.54, 1.807) is 4.90 Å². The number of ether oxygens (including phenoxy) is 1. The number of nitrogens with one attached hydrogen (secondary N) is 2. The van der Waals surface area contributed by atoms with Gasteiger partial charge in [-0.3, -0.25) is 4.79 Å². The van der Waals surface area contributed by atoms with Crippen LogP contribution in [-0.4, -0.2) is 56.2 Å². The lowest BCUT2D eigenvalue weighted by Gasteiger charge is -2.36. The molecule has 0 spiro atoms. The van der Waals surface area contributed by atoms with Gasteiger partial charge in [0.25, 0.3) is 0 Å². The van der Waals surface area contributed by atoms with Gasteiger partial charge in [-0.1, -0.05) is 30.3 Å². The standard InChI is InChI=1S/C24H30N4O3/c29-23(28-13-11-27(12-14-28)22-7-2-1-3-8-22)16-25-24(30)26-21-6-4-5-20(15-21)18-31-17-19-9-10-19/h1-8,15,19H,9-14,16-18H2,(H2,25,26,30). The molecule has 0 bridgehead atoms. The highest BCUT2D eigenvalue weighted by molar-refractivity contribution is 5.92. The number of anilines is 2. The summed E-state index contributed by atoms with van der Waals surface area (Å²) in [6.45, 7) is 4.22. The maximum Gasteiger partial charge on any atom is 0.319 e. The molecule has 0 aromatic heterocycles. The van der Waals surface area contributed by atoms with Gasteiger partial charge in [-0.05, 0) is 48.6 Å². The number of nitrogens with zero attached hydrogens (tertiary/aromatic N) is 2. The molecule has 2 aromatic rings. The Morgan fingerprint density at radius 3 is 2.48 bits per heavy atom. The summed E-state index contributed by atoms with van der Waals surface area (Å²) in [6.07, 6.45) is 2.53. The normalized spacial score (nSPS) is 16.1. The van der Waals surface area contributed by atoms with Crippen LogP contribution in [0.3, 0.4) is 0 Å². The molecule has 1 aliphatic heterocycles. The fraction of sp³-hybridized carbons (Fsp3) is 0.417. The highest BCUT2D eigenvalue weighted by Gasteiger charge is 2.22. The lowest BCUT2D eigenvalue weighted by Crippen LogP contribution is -2.51. The molecule has 164 valence electrons. The van der Waals surface area contributed by atoms with Gasteiger partial charge in [0.15, 0.2) is 0 Å². The molecule has 1 heterocycles. The van der Waals surface area contributed by atoms with E-state index in [2.05, 4.69) is 27.7 Å². The zero-order valence-electron chi connectivity index (χ0n) is 17.8. The Bertz CT molecular complexity index is 877. The summed E-state index contributed by atoms with van der Waals surface area (Å²) in [5.74, 6) is 0.663. The summed E-state index contributed by atoms with van der Waals surface area (Å²) in [7, 11) is 0. The van der Waals surface area contributed by atoms with Gasteiger partial charge in [0.1, 0.15) is 0 Å². The summed E-state index contributed by atoms with van der Waals surface area (Å²) < 4.78 is 5.70. The average Bonchev–Trinajstić information content (AvgIpc) is 3.63. The summed E-state index contributed by atoms with van der Waals surface area (Å²) in [4.78, 5) is 28.8. The molecule has 3 amide bonds. The van der Waals surface area contributed by atoms with Crippen LogP contribution in [0, 0.1) is 5.92 Å². The molecule has 7 heteroatoms. The summed E-state index contributed by atoms with van der Waals surface area (Å²) in [5, 5.41) is 5.47. The second-order valence-corrected chi connectivity index (χ2v) is 8.17. The second kappa shape index (κ2) is 10.3. The molecule has 1 saturated carbocycles. The van der Waals surface area contributed by atoms with Crippen molar-refractivity contribution in [3.05, 3.63) is 60.2 Å². The minimum Gasteiger partial charge on any atom is -0.376 e. The first-order valence-corrected chi connectivity index (χ1v) is 11.0. The number of para-hydroxylation sites is 1. The van der Waals surface area contributed by atoms with Crippen LogP contribution in [0.4, 0.5) is 16.2 Å². The highest BCUT2D eigenvalue weighted by Crippen LogP contribution is 2.29. The zero-order chi connectivity index (χ0) is 21.5. The SMILES string of the molecule is O=C(NCC(=O)N1CCN(c2ccccc2)CC1)Nc1cccc(COCC2CC2)c1. The Hall–Kier alpha value is -3.06. The largest absolute Gasteiger partial charge is 0.376 e. The van der Waals surface area contributed by atoms with E-state index in [0.717, 1.165) is 31.2 Å². The molecule has 7 nitrogen and oxygen atoms in total. The zero-order valence-corrected chi connectivity index (χ0v) is 17.8. The van der Waals surface area contributed by atoms with Crippen molar-refractivity contribution < 1.29 is 14.3 Å². The van der Waals surface area contributed by atoms with Crippen LogP contribution in [0.25, 0.3) is 0 Å². The monoisotopic (exact) mass is 422 g/mol. The van der Waals surface area contributed by atoms with Crippen LogP contribution in [0.2, 0.25) is 0 Å². The molecule has 2 N–H and O–H groups in total. The Kier molecular flexibility index (Phi) is 7.04. The number of hydrogen-bond donors (Lipinski definition) is 2. The van der Waals surface area contributed by atoms with Gasteiger partial charge in [-0.25, -0.2) is 4.79 Å². The smallest absolute Gasteiger partial charge is 0.319 e. The van der Waals surface area contributed by atoms with Gasteiger partial charge < -0.3 is 25.2 Å². The topological polar surface area (TPSA) is 73.9 Å². The van der Waals surface area contributed by atoms with Gasteiger partial charge in [-0.15, -0.1) is 0 Å². The molecular weight excluding hydrogens is 392 g/mol. The van der Waals surface area contributed by atoms with Crippen molar-refractivity contribution in [1.82, 2.24) is 10.2 Å². The van der Waals surface area contributed by atoms with E-state index in [1.165, 1.54) is 18.5 Å². The van der Waals surface area contributed by atoms with Gasteiger partial charge in [-0.2, -0.15) is 0 Å². The maximum atomic E-state index is 12.5. The van der Waals surface area contributed by atoms with Crippen LogP contribution >= 0.6 is 0 Å². The molecule has 1 aliphatic carbocycles. The van der Waals surface area contributed by atoms with Crippen molar-refractivity contribution in [3.8, 4) is 0 Å². The van der Waals surface area contributed by atoms with Gasteiger partial charge in [0.2, 0.25) is 5.91 Å².